The third-order valence-corrected chi connectivity index (χ3v) is 2.02. The van der Waals surface area contributed by atoms with Crippen LogP contribution in [-0.2, 0) is 11.2 Å². The number of hydrogen-bond acceptors (Lipinski definition) is 2. The highest BCUT2D eigenvalue weighted by Gasteiger charge is 1.92. The molecular formula is C12H13NO. The van der Waals surface area contributed by atoms with Crippen molar-refractivity contribution in [3.8, 4) is 0 Å². The summed E-state index contributed by atoms with van der Waals surface area (Å²) in [4.78, 5) is 13.3. The van der Waals surface area contributed by atoms with E-state index in [1.54, 1.807) is 0 Å². The number of aliphatic imine (C=N–C) groups is 1. The molecule has 1 aromatic rings. The van der Waals surface area contributed by atoms with Crippen LogP contribution in [0.2, 0.25) is 0 Å². The second kappa shape index (κ2) is 5.90. The fourth-order valence-corrected chi connectivity index (χ4v) is 1.23. The minimum atomic E-state index is 0.562. The predicted molar refractivity (Wildman–Crippen MR) is 57.8 cm³/mol. The minimum absolute atomic E-state index is 0.562. The second-order valence-corrected chi connectivity index (χ2v) is 3.02. The van der Waals surface area contributed by atoms with E-state index in [-0.39, 0.29) is 0 Å². The Morgan fingerprint density at radius 3 is 2.64 bits per heavy atom. The summed E-state index contributed by atoms with van der Waals surface area (Å²) >= 11 is 0. The SMILES string of the molecule is C=Cc1ccc(CCCN=C=O)cc1. The molecule has 2 nitrogen and oxygen atoms in total. The molecule has 0 heterocycles. The molecule has 0 saturated carbocycles. The maximum Gasteiger partial charge on any atom is 0.234 e. The average Bonchev–Trinajstić information content (AvgIpc) is 2.25. The smallest absolute Gasteiger partial charge is 0.211 e. The largest absolute Gasteiger partial charge is 0.234 e. The Labute approximate surface area is 84.0 Å². The first-order valence-corrected chi connectivity index (χ1v) is 4.62. The van der Waals surface area contributed by atoms with Crippen LogP contribution in [0.5, 0.6) is 0 Å². The van der Waals surface area contributed by atoms with E-state index >= 15 is 0 Å². The molecule has 0 aromatic heterocycles. The second-order valence-electron chi connectivity index (χ2n) is 3.02. The molecule has 1 aromatic carbocycles. The molecule has 0 aliphatic carbocycles. The maximum absolute atomic E-state index is 9.80. The molecule has 0 atom stereocenters. The lowest BCUT2D eigenvalue weighted by molar-refractivity contribution is 0.562. The lowest BCUT2D eigenvalue weighted by Gasteiger charge is -1.99. The topological polar surface area (TPSA) is 29.4 Å². The van der Waals surface area contributed by atoms with Gasteiger partial charge in [-0.15, -0.1) is 0 Å². The summed E-state index contributed by atoms with van der Waals surface area (Å²) in [6, 6.07) is 8.21. The van der Waals surface area contributed by atoms with Crippen LogP contribution in [0.1, 0.15) is 17.5 Å². The Morgan fingerprint density at radius 2 is 2.07 bits per heavy atom. The molecular weight excluding hydrogens is 174 g/mol. The zero-order valence-electron chi connectivity index (χ0n) is 8.07. The number of nitrogens with zero attached hydrogens (tertiary/aromatic N) is 1. The summed E-state index contributed by atoms with van der Waals surface area (Å²) in [6.07, 6.45) is 5.19. The van der Waals surface area contributed by atoms with Gasteiger partial charge in [-0.2, -0.15) is 0 Å². The fourth-order valence-electron chi connectivity index (χ4n) is 1.23. The molecule has 0 saturated heterocycles. The third kappa shape index (κ3) is 3.38. The molecule has 1 rings (SSSR count). The standard InChI is InChI=1S/C12H13NO/c1-2-11-5-7-12(8-6-11)4-3-9-13-10-14/h2,5-8H,1,3-4,9H2. The van der Waals surface area contributed by atoms with Gasteiger partial charge in [0.1, 0.15) is 0 Å². The maximum atomic E-state index is 9.80. The Balaban J connectivity index is 2.43. The van der Waals surface area contributed by atoms with Crippen molar-refractivity contribution in [1.29, 1.82) is 0 Å². The number of isocyanates is 1. The molecule has 0 aliphatic rings. The van der Waals surface area contributed by atoms with Crippen molar-refractivity contribution in [2.75, 3.05) is 6.54 Å². The molecule has 0 spiro atoms. The van der Waals surface area contributed by atoms with Gasteiger partial charge in [0.2, 0.25) is 6.08 Å². The quantitative estimate of drug-likeness (QED) is 0.396. The summed E-state index contributed by atoms with van der Waals surface area (Å²) < 4.78 is 0. The monoisotopic (exact) mass is 187 g/mol. The lowest BCUT2D eigenvalue weighted by atomic mass is 10.1. The molecule has 72 valence electrons. The van der Waals surface area contributed by atoms with Crippen LogP contribution in [-0.4, -0.2) is 12.6 Å². The molecule has 0 aliphatic heterocycles. The average molecular weight is 187 g/mol. The van der Waals surface area contributed by atoms with E-state index in [0.717, 1.165) is 18.4 Å². The Hall–Kier alpha value is -1.66. The minimum Gasteiger partial charge on any atom is -0.211 e. The fraction of sp³-hybridized carbons (Fsp3) is 0.250. The van der Waals surface area contributed by atoms with Crippen molar-refractivity contribution in [2.24, 2.45) is 4.99 Å². The van der Waals surface area contributed by atoms with Gasteiger partial charge < -0.3 is 0 Å². The molecule has 0 bridgehead atoms. The number of hydrogen-bond donors (Lipinski definition) is 0. The van der Waals surface area contributed by atoms with Gasteiger partial charge in [-0.25, -0.2) is 9.79 Å². The van der Waals surface area contributed by atoms with Crippen LogP contribution in [0.15, 0.2) is 35.8 Å². The molecule has 2 heteroatoms. The Bertz CT molecular complexity index is 334. The number of benzene rings is 1. The molecule has 0 fully saturated rings. The van der Waals surface area contributed by atoms with Crippen LogP contribution in [0, 0.1) is 0 Å². The molecule has 0 amide bonds. The van der Waals surface area contributed by atoms with Gasteiger partial charge >= 0.3 is 0 Å². The Morgan fingerprint density at radius 1 is 1.36 bits per heavy atom. The first-order chi connectivity index (χ1) is 6.86. The normalized spacial score (nSPS) is 9.14. The van der Waals surface area contributed by atoms with Gasteiger partial charge in [0.05, 0.1) is 6.54 Å². The number of carbonyl (C=O) groups excluding carboxylic acids is 1. The highest BCUT2D eigenvalue weighted by molar-refractivity contribution is 5.47. The van der Waals surface area contributed by atoms with Crippen molar-refractivity contribution in [2.45, 2.75) is 12.8 Å². The van der Waals surface area contributed by atoms with Gasteiger partial charge in [0.15, 0.2) is 0 Å². The van der Waals surface area contributed by atoms with E-state index in [4.69, 9.17) is 0 Å². The number of rotatable bonds is 5. The van der Waals surface area contributed by atoms with Gasteiger partial charge in [-0.05, 0) is 24.0 Å². The summed E-state index contributed by atoms with van der Waals surface area (Å²) in [7, 11) is 0. The summed E-state index contributed by atoms with van der Waals surface area (Å²) in [6.45, 7) is 4.25. The first-order valence-electron chi connectivity index (χ1n) is 4.62. The van der Waals surface area contributed by atoms with Crippen LogP contribution in [0.4, 0.5) is 0 Å². The van der Waals surface area contributed by atoms with E-state index in [1.807, 2.05) is 18.2 Å². The zero-order valence-corrected chi connectivity index (χ0v) is 8.07. The first kappa shape index (κ1) is 10.4. The van der Waals surface area contributed by atoms with Crippen LogP contribution in [0.3, 0.4) is 0 Å². The molecule has 0 unspecified atom stereocenters. The lowest BCUT2D eigenvalue weighted by Crippen LogP contribution is -1.88. The van der Waals surface area contributed by atoms with E-state index in [9.17, 15) is 4.79 Å². The summed E-state index contributed by atoms with van der Waals surface area (Å²) in [5, 5.41) is 0. The van der Waals surface area contributed by atoms with Gasteiger partial charge in [-0.1, -0.05) is 36.9 Å². The van der Waals surface area contributed by atoms with Gasteiger partial charge in [0, 0.05) is 0 Å². The van der Waals surface area contributed by atoms with Crippen LogP contribution in [0.25, 0.3) is 6.08 Å². The summed E-state index contributed by atoms with van der Waals surface area (Å²) in [5.74, 6) is 0. The van der Waals surface area contributed by atoms with Gasteiger partial charge in [-0.3, -0.25) is 0 Å². The highest BCUT2D eigenvalue weighted by atomic mass is 16.1. The van der Waals surface area contributed by atoms with Crippen molar-refractivity contribution in [3.05, 3.63) is 42.0 Å². The highest BCUT2D eigenvalue weighted by Crippen LogP contribution is 2.07. The number of aryl methyl sites for hydroxylation is 1. The van der Waals surface area contributed by atoms with Crippen molar-refractivity contribution in [3.63, 3.8) is 0 Å². The van der Waals surface area contributed by atoms with E-state index < -0.39 is 0 Å². The van der Waals surface area contributed by atoms with Crippen molar-refractivity contribution >= 4 is 12.2 Å². The molecule has 14 heavy (non-hydrogen) atoms. The summed E-state index contributed by atoms with van der Waals surface area (Å²) in [5.41, 5.74) is 2.39. The van der Waals surface area contributed by atoms with Crippen molar-refractivity contribution < 1.29 is 4.79 Å². The third-order valence-electron chi connectivity index (χ3n) is 2.02. The van der Waals surface area contributed by atoms with E-state index in [0.29, 0.717) is 6.54 Å². The van der Waals surface area contributed by atoms with Crippen LogP contribution >= 0.6 is 0 Å². The van der Waals surface area contributed by atoms with E-state index in [2.05, 4.69) is 23.7 Å². The van der Waals surface area contributed by atoms with Crippen LogP contribution < -0.4 is 0 Å². The van der Waals surface area contributed by atoms with Crippen molar-refractivity contribution in [1.82, 2.24) is 0 Å². The van der Waals surface area contributed by atoms with Gasteiger partial charge in [0.25, 0.3) is 0 Å². The molecule has 0 N–H and O–H groups in total. The Kier molecular flexibility index (Phi) is 4.39. The zero-order chi connectivity index (χ0) is 10.2. The molecule has 0 radical (unpaired) electrons. The predicted octanol–water partition coefficient (Wildman–Crippen LogP) is 2.60. The van der Waals surface area contributed by atoms with E-state index in [1.165, 1.54) is 11.6 Å².